The molecule has 1 aliphatic rings. The molecule has 1 heterocycles. The van der Waals surface area contributed by atoms with Gasteiger partial charge in [0.1, 0.15) is 11.6 Å². The topological polar surface area (TPSA) is 81.7 Å². The highest BCUT2D eigenvalue weighted by molar-refractivity contribution is 6.32. The van der Waals surface area contributed by atoms with Crippen molar-refractivity contribution in [2.45, 2.75) is 12.8 Å². The van der Waals surface area contributed by atoms with Gasteiger partial charge in [-0.3, -0.25) is 9.59 Å². The Morgan fingerprint density at radius 3 is 2.70 bits per heavy atom. The predicted molar refractivity (Wildman–Crippen MR) is 95.7 cm³/mol. The lowest BCUT2D eigenvalue weighted by molar-refractivity contribution is -0.144. The van der Waals surface area contributed by atoms with Crippen molar-refractivity contribution in [3.8, 4) is 5.75 Å². The SMILES string of the molecule is C[C@H]1C(=O)Nc2ccc(C(=O)COC(=O)COc3ccc(F)cc3Cl)cc21. The van der Waals surface area contributed by atoms with Crippen molar-refractivity contribution in [3.63, 3.8) is 0 Å². The number of benzene rings is 2. The molecule has 0 saturated heterocycles. The van der Waals surface area contributed by atoms with Crippen LogP contribution in [0.25, 0.3) is 0 Å². The van der Waals surface area contributed by atoms with E-state index in [4.69, 9.17) is 21.1 Å². The second kappa shape index (κ2) is 7.75. The molecular weight excluding hydrogens is 377 g/mol. The largest absolute Gasteiger partial charge is 0.480 e. The molecule has 6 nitrogen and oxygen atoms in total. The number of esters is 1. The van der Waals surface area contributed by atoms with Crippen molar-refractivity contribution in [1.29, 1.82) is 0 Å². The normalized spacial score (nSPS) is 15.1. The highest BCUT2D eigenvalue weighted by Gasteiger charge is 2.27. The van der Waals surface area contributed by atoms with Gasteiger partial charge in [0, 0.05) is 11.3 Å². The maximum Gasteiger partial charge on any atom is 0.344 e. The number of amides is 1. The summed E-state index contributed by atoms with van der Waals surface area (Å²) >= 11 is 5.79. The van der Waals surface area contributed by atoms with Gasteiger partial charge in [0.25, 0.3) is 0 Å². The first-order valence-corrected chi connectivity index (χ1v) is 8.44. The summed E-state index contributed by atoms with van der Waals surface area (Å²) < 4.78 is 23.0. The van der Waals surface area contributed by atoms with Gasteiger partial charge in [0.05, 0.1) is 10.9 Å². The molecule has 27 heavy (non-hydrogen) atoms. The minimum absolute atomic E-state index is 0.0225. The zero-order valence-electron chi connectivity index (χ0n) is 14.3. The number of halogens is 2. The van der Waals surface area contributed by atoms with E-state index in [1.165, 1.54) is 6.07 Å². The smallest absolute Gasteiger partial charge is 0.344 e. The van der Waals surface area contributed by atoms with E-state index in [2.05, 4.69) is 5.32 Å². The number of ketones is 1. The van der Waals surface area contributed by atoms with Crippen molar-refractivity contribution in [1.82, 2.24) is 0 Å². The van der Waals surface area contributed by atoms with Crippen LogP contribution in [0.1, 0.15) is 28.8 Å². The summed E-state index contributed by atoms with van der Waals surface area (Å²) in [7, 11) is 0. The Morgan fingerprint density at radius 1 is 1.19 bits per heavy atom. The molecule has 0 spiro atoms. The molecule has 0 fully saturated rings. The predicted octanol–water partition coefficient (Wildman–Crippen LogP) is 3.34. The summed E-state index contributed by atoms with van der Waals surface area (Å²) in [6.07, 6.45) is 0. The van der Waals surface area contributed by atoms with Crippen LogP contribution < -0.4 is 10.1 Å². The molecule has 0 bridgehead atoms. The summed E-state index contributed by atoms with van der Waals surface area (Å²) in [5.41, 5.74) is 1.74. The van der Waals surface area contributed by atoms with Gasteiger partial charge in [-0.25, -0.2) is 9.18 Å². The van der Waals surface area contributed by atoms with Gasteiger partial charge in [-0.05, 0) is 48.9 Å². The van der Waals surface area contributed by atoms with Gasteiger partial charge in [-0.1, -0.05) is 11.6 Å². The first-order chi connectivity index (χ1) is 12.8. The number of Topliss-reactive ketones (excluding diaryl/α,β-unsaturated/α-hetero) is 1. The van der Waals surface area contributed by atoms with Crippen molar-refractivity contribution in [2.75, 3.05) is 18.5 Å². The van der Waals surface area contributed by atoms with Crippen molar-refractivity contribution in [3.05, 3.63) is 58.4 Å². The molecular formula is C19H15ClFNO5. The molecule has 0 saturated carbocycles. The van der Waals surface area contributed by atoms with Crippen LogP contribution in [0.4, 0.5) is 10.1 Å². The average molecular weight is 392 g/mol. The standard InChI is InChI=1S/C19H15ClFNO5/c1-10-13-6-11(2-4-15(13)22-19(10)25)16(23)8-27-18(24)9-26-17-5-3-12(21)7-14(17)20/h2-7,10H,8-9H2,1H3,(H,22,25)/t10-/m1/s1. The van der Waals surface area contributed by atoms with Crippen molar-refractivity contribution >= 4 is 34.9 Å². The van der Waals surface area contributed by atoms with E-state index in [1.54, 1.807) is 25.1 Å². The monoisotopic (exact) mass is 391 g/mol. The number of nitrogens with one attached hydrogen (secondary N) is 1. The fourth-order valence-electron chi connectivity index (χ4n) is 2.59. The minimum Gasteiger partial charge on any atom is -0.480 e. The molecule has 1 atom stereocenters. The van der Waals surface area contributed by atoms with E-state index >= 15 is 0 Å². The highest BCUT2D eigenvalue weighted by atomic mass is 35.5. The number of anilines is 1. The van der Waals surface area contributed by atoms with Crippen molar-refractivity contribution in [2.24, 2.45) is 0 Å². The Kier molecular flexibility index (Phi) is 5.41. The third-order valence-corrected chi connectivity index (χ3v) is 4.39. The zero-order valence-corrected chi connectivity index (χ0v) is 15.0. The average Bonchev–Trinajstić information content (AvgIpc) is 2.92. The fourth-order valence-corrected chi connectivity index (χ4v) is 2.81. The quantitative estimate of drug-likeness (QED) is 0.603. The number of carbonyl (C=O) groups excluding carboxylic acids is 3. The molecule has 1 amide bonds. The second-order valence-corrected chi connectivity index (χ2v) is 6.37. The molecule has 2 aromatic carbocycles. The Balaban J connectivity index is 1.53. The summed E-state index contributed by atoms with van der Waals surface area (Å²) in [6, 6.07) is 8.30. The van der Waals surface area contributed by atoms with Gasteiger partial charge < -0.3 is 14.8 Å². The summed E-state index contributed by atoms with van der Waals surface area (Å²) in [6.45, 7) is 0.805. The Bertz CT molecular complexity index is 930. The number of fused-ring (bicyclic) bond motifs is 1. The van der Waals surface area contributed by atoms with Gasteiger partial charge in [-0.2, -0.15) is 0 Å². The van der Waals surface area contributed by atoms with E-state index in [0.29, 0.717) is 11.3 Å². The lowest BCUT2D eigenvalue weighted by Gasteiger charge is -2.09. The van der Waals surface area contributed by atoms with Crippen LogP contribution >= 0.6 is 11.6 Å². The first-order valence-electron chi connectivity index (χ1n) is 8.06. The maximum absolute atomic E-state index is 13.0. The molecule has 0 unspecified atom stereocenters. The third kappa shape index (κ3) is 4.25. The van der Waals surface area contributed by atoms with Gasteiger partial charge in [0.2, 0.25) is 5.91 Å². The Hall–Kier alpha value is -2.93. The van der Waals surface area contributed by atoms with E-state index in [0.717, 1.165) is 17.7 Å². The molecule has 1 N–H and O–H groups in total. The van der Waals surface area contributed by atoms with Crippen LogP contribution in [-0.4, -0.2) is 30.9 Å². The number of hydrogen-bond donors (Lipinski definition) is 1. The van der Waals surface area contributed by atoms with Crippen LogP contribution in [0.3, 0.4) is 0 Å². The highest BCUT2D eigenvalue weighted by Crippen LogP contribution is 2.32. The Labute approximate surface area is 159 Å². The lowest BCUT2D eigenvalue weighted by Crippen LogP contribution is -2.19. The van der Waals surface area contributed by atoms with E-state index < -0.39 is 30.8 Å². The van der Waals surface area contributed by atoms with E-state index in [-0.39, 0.29) is 22.6 Å². The fraction of sp³-hybridized carbons (Fsp3) is 0.211. The van der Waals surface area contributed by atoms with Crippen LogP contribution in [0.15, 0.2) is 36.4 Å². The number of hydrogen-bond acceptors (Lipinski definition) is 5. The number of ether oxygens (including phenoxy) is 2. The Morgan fingerprint density at radius 2 is 1.96 bits per heavy atom. The van der Waals surface area contributed by atoms with Gasteiger partial charge in [0.15, 0.2) is 19.0 Å². The van der Waals surface area contributed by atoms with Crippen LogP contribution in [0, 0.1) is 5.82 Å². The van der Waals surface area contributed by atoms with Crippen LogP contribution in [0.5, 0.6) is 5.75 Å². The molecule has 2 aromatic rings. The maximum atomic E-state index is 13.0. The lowest BCUT2D eigenvalue weighted by atomic mass is 9.99. The zero-order chi connectivity index (χ0) is 19.6. The van der Waals surface area contributed by atoms with Crippen LogP contribution in [0.2, 0.25) is 5.02 Å². The molecule has 0 radical (unpaired) electrons. The molecule has 3 rings (SSSR count). The van der Waals surface area contributed by atoms with E-state index in [1.807, 2.05) is 0 Å². The first kappa shape index (κ1) is 18.8. The summed E-state index contributed by atoms with van der Waals surface area (Å²) in [5, 5.41) is 2.74. The summed E-state index contributed by atoms with van der Waals surface area (Å²) in [5.74, 6) is -2.04. The summed E-state index contributed by atoms with van der Waals surface area (Å²) in [4.78, 5) is 35.6. The number of rotatable bonds is 6. The molecule has 0 aliphatic carbocycles. The second-order valence-electron chi connectivity index (χ2n) is 5.96. The van der Waals surface area contributed by atoms with Crippen molar-refractivity contribution < 1.29 is 28.2 Å². The number of carbonyl (C=O) groups is 3. The van der Waals surface area contributed by atoms with Gasteiger partial charge >= 0.3 is 5.97 Å². The molecule has 8 heteroatoms. The molecule has 140 valence electrons. The van der Waals surface area contributed by atoms with Gasteiger partial charge in [-0.15, -0.1) is 0 Å². The van der Waals surface area contributed by atoms with E-state index in [9.17, 15) is 18.8 Å². The minimum atomic E-state index is -0.768. The van der Waals surface area contributed by atoms with Crippen LogP contribution in [-0.2, 0) is 14.3 Å². The molecule has 0 aromatic heterocycles. The third-order valence-electron chi connectivity index (χ3n) is 4.09. The molecule has 1 aliphatic heterocycles.